The number of carboxylic acids is 1. The van der Waals surface area contributed by atoms with Crippen LogP contribution in [0, 0.1) is 0 Å². The first-order chi connectivity index (χ1) is 11.4. The van der Waals surface area contributed by atoms with Gasteiger partial charge in [-0.2, -0.15) is 0 Å². The number of carboxylic acid groups (broad SMARTS) is 1. The Kier molecular flexibility index (Phi) is 5.95. The number of aliphatic carboxylic acids is 1. The van der Waals surface area contributed by atoms with Crippen molar-refractivity contribution in [3.8, 4) is 5.75 Å². The summed E-state index contributed by atoms with van der Waals surface area (Å²) in [4.78, 5) is 22.6. The molecule has 0 fully saturated rings. The summed E-state index contributed by atoms with van der Waals surface area (Å²) in [5, 5.41) is 11.4. The third-order valence-corrected chi connectivity index (χ3v) is 3.49. The van der Waals surface area contributed by atoms with E-state index in [0.29, 0.717) is 22.9 Å². The first kappa shape index (κ1) is 17.5. The Labute approximate surface area is 141 Å². The number of nitrogens with one attached hydrogen (secondary N) is 1. The molecule has 2 aromatic carbocycles. The molecular formula is C19H21NO4. The second-order valence-electron chi connectivity index (χ2n) is 5.83. The summed E-state index contributed by atoms with van der Waals surface area (Å²) in [5.41, 5.74) is 2.44. The lowest BCUT2D eigenvalue weighted by molar-refractivity contribution is -0.136. The SMILES string of the molecule is CC(C)c1cccc(OCC(=O)Nc2ccc(CC(=O)O)cc2)c1. The van der Waals surface area contributed by atoms with Gasteiger partial charge in [-0.1, -0.05) is 38.1 Å². The zero-order valence-electron chi connectivity index (χ0n) is 13.8. The van der Waals surface area contributed by atoms with E-state index in [2.05, 4.69) is 19.2 Å². The van der Waals surface area contributed by atoms with E-state index in [0.717, 1.165) is 5.56 Å². The van der Waals surface area contributed by atoms with Gasteiger partial charge in [-0.25, -0.2) is 0 Å². The van der Waals surface area contributed by atoms with E-state index in [1.165, 1.54) is 0 Å². The second kappa shape index (κ2) is 8.15. The Morgan fingerprint density at radius 2 is 1.83 bits per heavy atom. The zero-order valence-corrected chi connectivity index (χ0v) is 13.8. The molecule has 0 aliphatic rings. The van der Waals surface area contributed by atoms with E-state index in [1.807, 2.05) is 24.3 Å². The van der Waals surface area contributed by atoms with Crippen LogP contribution < -0.4 is 10.1 Å². The van der Waals surface area contributed by atoms with Gasteiger partial charge in [0, 0.05) is 5.69 Å². The maximum Gasteiger partial charge on any atom is 0.307 e. The minimum atomic E-state index is -0.885. The summed E-state index contributed by atoms with van der Waals surface area (Å²) >= 11 is 0. The van der Waals surface area contributed by atoms with Crippen LogP contribution in [0.25, 0.3) is 0 Å². The van der Waals surface area contributed by atoms with Crippen molar-refractivity contribution in [2.75, 3.05) is 11.9 Å². The maximum absolute atomic E-state index is 11.9. The molecule has 0 aromatic heterocycles. The highest BCUT2D eigenvalue weighted by Crippen LogP contribution is 2.20. The van der Waals surface area contributed by atoms with Gasteiger partial charge < -0.3 is 15.2 Å². The number of anilines is 1. The van der Waals surface area contributed by atoms with Gasteiger partial charge in [0.1, 0.15) is 5.75 Å². The standard InChI is InChI=1S/C19H21NO4/c1-13(2)15-4-3-5-17(11-15)24-12-18(21)20-16-8-6-14(7-9-16)10-19(22)23/h3-9,11,13H,10,12H2,1-2H3,(H,20,21)(H,22,23). The van der Waals surface area contributed by atoms with E-state index < -0.39 is 5.97 Å². The Hall–Kier alpha value is -2.82. The number of benzene rings is 2. The molecule has 0 spiro atoms. The summed E-state index contributed by atoms with van der Waals surface area (Å²) in [7, 11) is 0. The molecule has 5 heteroatoms. The predicted octanol–water partition coefficient (Wildman–Crippen LogP) is 3.45. The topological polar surface area (TPSA) is 75.6 Å². The van der Waals surface area contributed by atoms with E-state index in [1.54, 1.807) is 24.3 Å². The summed E-state index contributed by atoms with van der Waals surface area (Å²) in [6.45, 7) is 4.11. The van der Waals surface area contributed by atoms with Gasteiger partial charge in [-0.3, -0.25) is 9.59 Å². The minimum absolute atomic E-state index is 0.0382. The van der Waals surface area contributed by atoms with Gasteiger partial charge in [0.2, 0.25) is 0 Å². The lowest BCUT2D eigenvalue weighted by Gasteiger charge is -2.10. The normalized spacial score (nSPS) is 10.5. The number of carbonyl (C=O) groups excluding carboxylic acids is 1. The van der Waals surface area contributed by atoms with Crippen LogP contribution in [0.3, 0.4) is 0 Å². The molecule has 0 saturated heterocycles. The fraction of sp³-hybridized carbons (Fsp3) is 0.263. The van der Waals surface area contributed by atoms with Crippen molar-refractivity contribution in [3.05, 3.63) is 59.7 Å². The highest BCUT2D eigenvalue weighted by Gasteiger charge is 2.06. The summed E-state index contributed by atoms with van der Waals surface area (Å²) < 4.78 is 5.52. The first-order valence-corrected chi connectivity index (χ1v) is 7.77. The van der Waals surface area contributed by atoms with Crippen LogP contribution in [0.2, 0.25) is 0 Å². The van der Waals surface area contributed by atoms with Gasteiger partial charge in [-0.05, 0) is 41.3 Å². The minimum Gasteiger partial charge on any atom is -0.484 e. The van der Waals surface area contributed by atoms with E-state index in [-0.39, 0.29) is 18.9 Å². The Balaban J connectivity index is 1.87. The third-order valence-electron chi connectivity index (χ3n) is 3.49. The molecule has 0 atom stereocenters. The number of hydrogen-bond acceptors (Lipinski definition) is 3. The van der Waals surface area contributed by atoms with Crippen molar-refractivity contribution < 1.29 is 19.4 Å². The molecule has 1 amide bonds. The molecule has 24 heavy (non-hydrogen) atoms. The fourth-order valence-corrected chi connectivity index (χ4v) is 2.19. The largest absolute Gasteiger partial charge is 0.484 e. The molecule has 2 rings (SSSR count). The van der Waals surface area contributed by atoms with Crippen LogP contribution in [0.1, 0.15) is 30.9 Å². The molecule has 2 aromatic rings. The summed E-state index contributed by atoms with van der Waals surface area (Å²) in [5.74, 6) is -0.0976. The number of carbonyl (C=O) groups is 2. The molecule has 2 N–H and O–H groups in total. The molecule has 0 aliphatic carbocycles. The lowest BCUT2D eigenvalue weighted by Crippen LogP contribution is -2.20. The predicted molar refractivity (Wildman–Crippen MR) is 92.4 cm³/mol. The zero-order chi connectivity index (χ0) is 17.5. The Bertz CT molecular complexity index is 708. The van der Waals surface area contributed by atoms with Crippen molar-refractivity contribution in [2.45, 2.75) is 26.2 Å². The number of rotatable bonds is 7. The van der Waals surface area contributed by atoms with Crippen molar-refractivity contribution in [1.29, 1.82) is 0 Å². The van der Waals surface area contributed by atoms with Gasteiger partial charge >= 0.3 is 5.97 Å². The molecule has 5 nitrogen and oxygen atoms in total. The third kappa shape index (κ3) is 5.43. The monoisotopic (exact) mass is 327 g/mol. The molecule has 0 heterocycles. The molecule has 0 bridgehead atoms. The van der Waals surface area contributed by atoms with Crippen molar-refractivity contribution in [1.82, 2.24) is 0 Å². The van der Waals surface area contributed by atoms with Crippen molar-refractivity contribution >= 4 is 17.6 Å². The van der Waals surface area contributed by atoms with Crippen LogP contribution in [0.15, 0.2) is 48.5 Å². The van der Waals surface area contributed by atoms with Gasteiger partial charge in [0.05, 0.1) is 6.42 Å². The van der Waals surface area contributed by atoms with Crippen LogP contribution in [-0.4, -0.2) is 23.6 Å². The van der Waals surface area contributed by atoms with Crippen LogP contribution >= 0.6 is 0 Å². The highest BCUT2D eigenvalue weighted by molar-refractivity contribution is 5.91. The maximum atomic E-state index is 11.9. The van der Waals surface area contributed by atoms with E-state index >= 15 is 0 Å². The van der Waals surface area contributed by atoms with Crippen molar-refractivity contribution in [3.63, 3.8) is 0 Å². The highest BCUT2D eigenvalue weighted by atomic mass is 16.5. The molecule has 126 valence electrons. The smallest absolute Gasteiger partial charge is 0.307 e. The Morgan fingerprint density at radius 1 is 1.12 bits per heavy atom. The average Bonchev–Trinajstić information content (AvgIpc) is 2.54. The summed E-state index contributed by atoms with van der Waals surface area (Å²) in [6.07, 6.45) is -0.0382. The Morgan fingerprint density at radius 3 is 2.46 bits per heavy atom. The van der Waals surface area contributed by atoms with Gasteiger partial charge in [-0.15, -0.1) is 0 Å². The number of ether oxygens (including phenoxy) is 1. The van der Waals surface area contributed by atoms with Crippen LogP contribution in [-0.2, 0) is 16.0 Å². The molecule has 0 unspecified atom stereocenters. The number of amides is 1. The van der Waals surface area contributed by atoms with E-state index in [4.69, 9.17) is 9.84 Å². The summed E-state index contributed by atoms with van der Waals surface area (Å²) in [6, 6.07) is 14.4. The van der Waals surface area contributed by atoms with Crippen LogP contribution in [0.4, 0.5) is 5.69 Å². The fourth-order valence-electron chi connectivity index (χ4n) is 2.19. The van der Waals surface area contributed by atoms with Gasteiger partial charge in [0.25, 0.3) is 5.91 Å². The second-order valence-corrected chi connectivity index (χ2v) is 5.83. The average molecular weight is 327 g/mol. The first-order valence-electron chi connectivity index (χ1n) is 7.77. The number of hydrogen-bond donors (Lipinski definition) is 2. The molecule has 0 radical (unpaired) electrons. The van der Waals surface area contributed by atoms with Gasteiger partial charge in [0.15, 0.2) is 6.61 Å². The van der Waals surface area contributed by atoms with Crippen molar-refractivity contribution in [2.24, 2.45) is 0 Å². The molecule has 0 saturated carbocycles. The van der Waals surface area contributed by atoms with Crippen LogP contribution in [0.5, 0.6) is 5.75 Å². The van der Waals surface area contributed by atoms with E-state index in [9.17, 15) is 9.59 Å². The molecular weight excluding hydrogens is 306 g/mol. The lowest BCUT2D eigenvalue weighted by atomic mass is 10.0. The molecule has 0 aliphatic heterocycles. The quantitative estimate of drug-likeness (QED) is 0.816.